The van der Waals surface area contributed by atoms with E-state index in [2.05, 4.69) is 6.92 Å². The lowest BCUT2D eigenvalue weighted by atomic mass is 9.99. The number of carbonyl (C=O) groups excluding carboxylic acids is 2. The van der Waals surface area contributed by atoms with E-state index in [1.54, 1.807) is 36.4 Å². The van der Waals surface area contributed by atoms with Gasteiger partial charge in [-0.2, -0.15) is 0 Å². The Labute approximate surface area is 186 Å². The lowest BCUT2D eigenvalue weighted by molar-refractivity contribution is -0.140. The largest absolute Gasteiger partial charge is 0.507 e. The van der Waals surface area contributed by atoms with Crippen LogP contribution in [0, 0.1) is 0 Å². The maximum atomic E-state index is 13.0. The number of ketones is 1. The Morgan fingerprint density at radius 2 is 1.88 bits per heavy atom. The molecule has 3 aromatic rings. The number of furan rings is 1. The third kappa shape index (κ3) is 4.30. The molecular weight excluding hydrogens is 406 g/mol. The van der Waals surface area contributed by atoms with Gasteiger partial charge in [0.05, 0.1) is 18.4 Å². The molecule has 0 spiro atoms. The molecule has 1 unspecified atom stereocenters. The Hall–Kier alpha value is -3.80. The fourth-order valence-electron chi connectivity index (χ4n) is 3.79. The number of aliphatic hydroxyl groups is 1. The van der Waals surface area contributed by atoms with Gasteiger partial charge in [-0.05, 0) is 36.2 Å². The summed E-state index contributed by atoms with van der Waals surface area (Å²) >= 11 is 0. The van der Waals surface area contributed by atoms with Gasteiger partial charge in [-0.3, -0.25) is 9.59 Å². The van der Waals surface area contributed by atoms with E-state index in [-0.39, 0.29) is 17.9 Å². The molecule has 1 saturated heterocycles. The Balaban J connectivity index is 1.74. The minimum Gasteiger partial charge on any atom is -0.507 e. The molecule has 4 rings (SSSR count). The normalized spacial score (nSPS) is 17.7. The van der Waals surface area contributed by atoms with Gasteiger partial charge in [-0.1, -0.05) is 55.8 Å². The lowest BCUT2D eigenvalue weighted by Gasteiger charge is -2.23. The fraction of sp³-hybridized carbons (Fsp3) is 0.231. The number of benzene rings is 2. The van der Waals surface area contributed by atoms with Crippen LogP contribution in [0.1, 0.15) is 42.7 Å². The average Bonchev–Trinajstić information content (AvgIpc) is 3.43. The van der Waals surface area contributed by atoms with Crippen molar-refractivity contribution in [3.8, 4) is 5.75 Å². The van der Waals surface area contributed by atoms with Crippen molar-refractivity contribution in [2.45, 2.75) is 32.4 Å². The molecule has 0 saturated carbocycles. The summed E-state index contributed by atoms with van der Waals surface area (Å²) in [6, 6.07) is 18.9. The summed E-state index contributed by atoms with van der Waals surface area (Å²) in [4.78, 5) is 27.4. The molecule has 0 bridgehead atoms. The summed E-state index contributed by atoms with van der Waals surface area (Å²) < 4.78 is 11.3. The molecule has 0 aliphatic carbocycles. The van der Waals surface area contributed by atoms with Gasteiger partial charge in [0.25, 0.3) is 11.7 Å². The molecular formula is C26H25NO5. The molecule has 2 heterocycles. The molecule has 1 aliphatic rings. The highest BCUT2D eigenvalue weighted by Crippen LogP contribution is 2.40. The first kappa shape index (κ1) is 21.4. The second kappa shape index (κ2) is 9.56. The molecule has 32 heavy (non-hydrogen) atoms. The number of aliphatic hydroxyl groups excluding tert-OH is 1. The van der Waals surface area contributed by atoms with Gasteiger partial charge in [0.1, 0.15) is 23.3 Å². The van der Waals surface area contributed by atoms with Crippen molar-refractivity contribution >= 4 is 17.4 Å². The summed E-state index contributed by atoms with van der Waals surface area (Å²) in [7, 11) is 0. The molecule has 6 heteroatoms. The van der Waals surface area contributed by atoms with Crippen LogP contribution in [0.5, 0.6) is 5.75 Å². The van der Waals surface area contributed by atoms with Crippen molar-refractivity contribution < 1.29 is 23.8 Å². The molecule has 1 amide bonds. The zero-order valence-corrected chi connectivity index (χ0v) is 17.9. The van der Waals surface area contributed by atoms with E-state index in [1.165, 1.54) is 11.2 Å². The van der Waals surface area contributed by atoms with Crippen LogP contribution < -0.4 is 4.74 Å². The summed E-state index contributed by atoms with van der Waals surface area (Å²) in [5.74, 6) is -0.655. The molecule has 1 atom stereocenters. The minimum atomic E-state index is -0.824. The molecule has 1 aromatic heterocycles. The van der Waals surface area contributed by atoms with Crippen molar-refractivity contribution in [2.75, 3.05) is 6.61 Å². The van der Waals surface area contributed by atoms with Crippen LogP contribution in [0.2, 0.25) is 0 Å². The zero-order valence-electron chi connectivity index (χ0n) is 17.9. The second-order valence-electron chi connectivity index (χ2n) is 7.66. The van der Waals surface area contributed by atoms with Crippen molar-refractivity contribution in [1.82, 2.24) is 4.90 Å². The number of likely N-dealkylation sites (tertiary alicyclic amines) is 1. The molecule has 1 N–H and O–H groups in total. The molecule has 2 aromatic carbocycles. The maximum Gasteiger partial charge on any atom is 0.296 e. The van der Waals surface area contributed by atoms with E-state index in [0.29, 0.717) is 23.7 Å². The van der Waals surface area contributed by atoms with Crippen LogP contribution in [-0.2, 0) is 16.1 Å². The van der Waals surface area contributed by atoms with Crippen molar-refractivity contribution in [2.24, 2.45) is 0 Å². The standard InChI is InChI=1S/C26H25NO5/c1-2-3-14-31-20-12-7-11-19(16-20)24(28)22-23(21-13-8-15-32-21)27(26(30)25(22)29)17-18-9-5-4-6-10-18/h4-13,15-16,23,28H,2-3,14,17H2,1H3. The summed E-state index contributed by atoms with van der Waals surface area (Å²) in [6.45, 7) is 2.86. The van der Waals surface area contributed by atoms with Crippen molar-refractivity contribution in [1.29, 1.82) is 0 Å². The molecule has 1 fully saturated rings. The van der Waals surface area contributed by atoms with Gasteiger partial charge in [-0.15, -0.1) is 0 Å². The first-order valence-corrected chi connectivity index (χ1v) is 10.7. The number of rotatable bonds is 8. The summed E-state index contributed by atoms with van der Waals surface area (Å²) in [5, 5.41) is 11.1. The van der Waals surface area contributed by atoms with E-state index < -0.39 is 17.7 Å². The van der Waals surface area contributed by atoms with Crippen molar-refractivity contribution in [3.63, 3.8) is 0 Å². The van der Waals surface area contributed by atoms with E-state index in [9.17, 15) is 14.7 Å². The molecule has 6 nitrogen and oxygen atoms in total. The number of ether oxygens (including phenoxy) is 1. The van der Waals surface area contributed by atoms with Crippen LogP contribution in [0.4, 0.5) is 0 Å². The number of carbonyl (C=O) groups is 2. The second-order valence-corrected chi connectivity index (χ2v) is 7.66. The van der Waals surface area contributed by atoms with E-state index in [0.717, 1.165) is 18.4 Å². The number of nitrogens with zero attached hydrogens (tertiary/aromatic N) is 1. The predicted octanol–water partition coefficient (Wildman–Crippen LogP) is 5.08. The number of amides is 1. The van der Waals surface area contributed by atoms with Gasteiger partial charge in [-0.25, -0.2) is 0 Å². The maximum absolute atomic E-state index is 13.0. The monoisotopic (exact) mass is 431 g/mol. The number of unbranched alkanes of at least 4 members (excludes halogenated alkanes) is 1. The molecule has 164 valence electrons. The van der Waals surface area contributed by atoms with Gasteiger partial charge in [0, 0.05) is 12.1 Å². The van der Waals surface area contributed by atoms with Crippen LogP contribution in [-0.4, -0.2) is 28.3 Å². The van der Waals surface area contributed by atoms with E-state index in [1.807, 2.05) is 30.3 Å². The minimum absolute atomic E-state index is 0.00610. The Kier molecular flexibility index (Phi) is 6.40. The lowest BCUT2D eigenvalue weighted by Crippen LogP contribution is -2.29. The predicted molar refractivity (Wildman–Crippen MR) is 120 cm³/mol. The number of Topliss-reactive ketones (excluding diaryl/α,β-unsaturated/α-hetero) is 1. The third-order valence-corrected chi connectivity index (χ3v) is 5.42. The third-order valence-electron chi connectivity index (χ3n) is 5.42. The van der Waals surface area contributed by atoms with E-state index in [4.69, 9.17) is 9.15 Å². The highest BCUT2D eigenvalue weighted by Gasteiger charge is 2.47. The average molecular weight is 431 g/mol. The van der Waals surface area contributed by atoms with Crippen LogP contribution in [0.25, 0.3) is 5.76 Å². The van der Waals surface area contributed by atoms with Crippen molar-refractivity contribution in [3.05, 3.63) is 95.5 Å². The Morgan fingerprint density at radius 1 is 1.06 bits per heavy atom. The fourth-order valence-corrected chi connectivity index (χ4v) is 3.79. The van der Waals surface area contributed by atoms with Gasteiger partial charge in [0.2, 0.25) is 0 Å². The van der Waals surface area contributed by atoms with Crippen LogP contribution in [0.3, 0.4) is 0 Å². The van der Waals surface area contributed by atoms with Crippen LogP contribution >= 0.6 is 0 Å². The summed E-state index contributed by atoms with van der Waals surface area (Å²) in [6.07, 6.45) is 3.41. The molecule has 1 aliphatic heterocycles. The smallest absolute Gasteiger partial charge is 0.296 e. The first-order chi connectivity index (χ1) is 15.6. The number of hydrogen-bond acceptors (Lipinski definition) is 5. The highest BCUT2D eigenvalue weighted by molar-refractivity contribution is 6.46. The number of hydrogen-bond donors (Lipinski definition) is 1. The SMILES string of the molecule is CCCCOc1cccc(C(O)=C2C(=O)C(=O)N(Cc3ccccc3)C2c2ccco2)c1. The molecule has 0 radical (unpaired) electrons. The van der Waals surface area contributed by atoms with Gasteiger partial charge in [0.15, 0.2) is 0 Å². The Morgan fingerprint density at radius 3 is 2.59 bits per heavy atom. The van der Waals surface area contributed by atoms with Gasteiger partial charge < -0.3 is 19.2 Å². The van der Waals surface area contributed by atoms with Gasteiger partial charge >= 0.3 is 0 Å². The quantitative estimate of drug-likeness (QED) is 0.233. The highest BCUT2D eigenvalue weighted by atomic mass is 16.5. The topological polar surface area (TPSA) is 80.0 Å². The first-order valence-electron chi connectivity index (χ1n) is 10.7. The zero-order chi connectivity index (χ0) is 22.5. The Bertz CT molecular complexity index is 1120. The van der Waals surface area contributed by atoms with Crippen LogP contribution in [0.15, 0.2) is 83.0 Å². The van der Waals surface area contributed by atoms with E-state index >= 15 is 0 Å². The summed E-state index contributed by atoms with van der Waals surface area (Å²) in [5.41, 5.74) is 1.29.